The second-order valence-corrected chi connectivity index (χ2v) is 22.0. The maximum atomic E-state index is 14.8. The molecule has 0 spiro atoms. The number of fused-ring (bicyclic) bond motifs is 2. The van der Waals surface area contributed by atoms with E-state index in [1.54, 1.807) is 31.3 Å². The minimum atomic E-state index is -1.88. The van der Waals surface area contributed by atoms with Crippen LogP contribution in [0.25, 0.3) is 0 Å². The summed E-state index contributed by atoms with van der Waals surface area (Å²) in [6.45, 7) is 0.218. The van der Waals surface area contributed by atoms with E-state index in [0.717, 1.165) is 21.6 Å². The van der Waals surface area contributed by atoms with Gasteiger partial charge in [0.15, 0.2) is 0 Å². The van der Waals surface area contributed by atoms with E-state index in [2.05, 4.69) is 42.5 Å². The van der Waals surface area contributed by atoms with Crippen molar-refractivity contribution in [3.8, 4) is 11.5 Å². The summed E-state index contributed by atoms with van der Waals surface area (Å²) in [5.74, 6) is -8.37. The lowest BCUT2D eigenvalue weighted by Crippen LogP contribution is -2.71. The summed E-state index contributed by atoms with van der Waals surface area (Å²) in [6, 6.07) is 12.6. The van der Waals surface area contributed by atoms with Gasteiger partial charge in [-0.25, -0.2) is 0 Å². The van der Waals surface area contributed by atoms with Crippen molar-refractivity contribution < 1.29 is 58.5 Å². The molecule has 9 amide bonds. The third kappa shape index (κ3) is 17.5. The number of nitrogens with two attached hydrogens (primary N) is 3. The monoisotopic (exact) mass is 1150 g/mol. The van der Waals surface area contributed by atoms with E-state index in [9.17, 15) is 58.5 Å². The Bertz CT molecular complexity index is 2820. The van der Waals surface area contributed by atoms with Crippen LogP contribution in [0.15, 0.2) is 97.1 Å². The normalized spacial score (nSPS) is 22.9. The summed E-state index contributed by atoms with van der Waals surface area (Å²) in [7, 11) is 3.24. The largest absolute Gasteiger partial charge is 0.508 e. The molecule has 2 aliphatic heterocycles. The van der Waals surface area contributed by atoms with Crippen LogP contribution in [-0.4, -0.2) is 148 Å². The SMILES string of the molecule is CN[C@@H](Cc1ccc(Cl)cc1)C(=O)N[C@@H]1CSSC2[C@@H](C(=O)N[C@H](Cc3ccc(O)cc3)C(N)=O)NC(=O)[C@@H](NC(=O)[C@H](CCCCN)NC(=O)[C@@H](Cc3ccc(C(N)=O)cc3)NC(=O)[C@H](Cc3ccc(O)cc3)NC1=O)[C@@H]2O. The van der Waals surface area contributed by atoms with E-state index in [-0.39, 0.29) is 67.9 Å². The number of rotatable bonds is 19. The highest BCUT2D eigenvalue weighted by Crippen LogP contribution is 2.35. The van der Waals surface area contributed by atoms with Crippen LogP contribution in [0.5, 0.6) is 11.5 Å². The number of piperidine rings is 1. The molecule has 26 heteroatoms. The van der Waals surface area contributed by atoms with Gasteiger partial charge < -0.3 is 75.1 Å². The molecule has 1 unspecified atom stereocenters. The van der Waals surface area contributed by atoms with Crippen molar-refractivity contribution in [3.05, 3.63) is 130 Å². The van der Waals surface area contributed by atoms with Gasteiger partial charge in [-0.2, -0.15) is 0 Å². The number of primary amides is 2. The standard InChI is InChI=1S/C53H64ClN11O12S2/c1-58-37(23-28-7-15-32(54)16-8-28)48(72)63-40-26-78-79-44-42(53(77)60-36(46(57)70)22-29-9-17-33(66)18-10-29)65-52(76)41(43(44)68)64-47(71)35(4-2-3-21-55)59-49(73)38(24-27-5-13-31(14-6-27)45(56)69)61-50(74)39(62-51(40)75)25-30-11-19-34(67)20-12-30/h5-20,35-44,58,66-68H,2-4,21-26,55H2,1H3,(H2,56,69)(H2,57,70)(H,59,73)(H,60,77)(H,61,74)(H,62,75)(H,63,72)(H,64,71)(H,65,76)/t35-,36+,37-,38+,39-,40+,41-,42-,43-,44?/m0/s1. The lowest BCUT2D eigenvalue weighted by molar-refractivity contribution is -0.140. The maximum absolute atomic E-state index is 14.8. The first-order valence-corrected chi connectivity index (χ1v) is 27.9. The van der Waals surface area contributed by atoms with Crippen LogP contribution < -0.4 is 59.7 Å². The maximum Gasteiger partial charge on any atom is 0.248 e. The smallest absolute Gasteiger partial charge is 0.248 e. The molecule has 4 aromatic carbocycles. The Hall–Kier alpha value is -7.42. The molecule has 23 nitrogen and oxygen atoms in total. The molecule has 0 saturated carbocycles. The van der Waals surface area contributed by atoms with Crippen molar-refractivity contribution in [3.63, 3.8) is 0 Å². The zero-order valence-electron chi connectivity index (χ0n) is 42.8. The minimum absolute atomic E-state index is 0.0392. The van der Waals surface area contributed by atoms with Crippen LogP contribution in [0.2, 0.25) is 5.02 Å². The fourth-order valence-electron chi connectivity index (χ4n) is 8.68. The fourth-order valence-corrected chi connectivity index (χ4v) is 11.8. The number of aliphatic hydroxyl groups excluding tert-OH is 1. The van der Waals surface area contributed by atoms with Crippen molar-refractivity contribution >= 4 is 86.4 Å². The molecular weight excluding hydrogens is 1080 g/mol. The summed E-state index contributed by atoms with van der Waals surface area (Å²) in [5, 5.41) is 52.7. The molecule has 2 aliphatic rings. The number of aliphatic hydroxyl groups is 1. The second-order valence-electron chi connectivity index (χ2n) is 19.0. The molecule has 0 radical (unpaired) electrons. The van der Waals surface area contributed by atoms with E-state index < -0.39 is 113 Å². The second kappa shape index (κ2) is 29.0. The van der Waals surface area contributed by atoms with E-state index in [1.807, 2.05) is 0 Å². The number of unbranched alkanes of at least 4 members (excludes halogenated alkanes) is 1. The highest BCUT2D eigenvalue weighted by atomic mass is 35.5. The number of carbonyl (C=O) groups is 9. The van der Waals surface area contributed by atoms with Crippen LogP contribution in [0.3, 0.4) is 0 Å². The lowest BCUT2D eigenvalue weighted by Gasteiger charge is -2.40. The predicted octanol–water partition coefficient (Wildman–Crippen LogP) is -1.15. The number of likely N-dealkylation sites (N-methyl/N-ethyl adjacent to an activating group) is 1. The Morgan fingerprint density at radius 3 is 1.71 bits per heavy atom. The number of phenolic OH excluding ortho intramolecular Hbond substituents is 2. The zero-order chi connectivity index (χ0) is 57.3. The van der Waals surface area contributed by atoms with Crippen LogP contribution in [0, 0.1) is 0 Å². The van der Waals surface area contributed by atoms with Crippen LogP contribution in [0.1, 0.15) is 51.9 Å². The molecule has 2 heterocycles. The number of aromatic hydroxyl groups is 2. The quantitative estimate of drug-likeness (QED) is 0.0390. The molecule has 2 bridgehead atoms. The third-order valence-corrected chi connectivity index (χ3v) is 16.3. The van der Waals surface area contributed by atoms with Gasteiger partial charge in [0.2, 0.25) is 53.2 Å². The number of hydrogen-bond acceptors (Lipinski definition) is 16. The Labute approximate surface area is 467 Å². The average Bonchev–Trinajstić information content (AvgIpc) is 3.45. The Balaban J connectivity index is 1.41. The first-order chi connectivity index (χ1) is 37.7. The number of phenols is 2. The molecule has 6 rings (SSSR count). The van der Waals surface area contributed by atoms with Gasteiger partial charge in [0, 0.05) is 35.6 Å². The van der Waals surface area contributed by atoms with Gasteiger partial charge in [-0.15, -0.1) is 0 Å². The Morgan fingerprint density at radius 2 is 1.16 bits per heavy atom. The highest BCUT2D eigenvalue weighted by Gasteiger charge is 2.49. The summed E-state index contributed by atoms with van der Waals surface area (Å²) >= 11 is 6.12. The molecule has 17 N–H and O–H groups in total. The van der Waals surface area contributed by atoms with Crippen molar-refractivity contribution in [2.75, 3.05) is 19.3 Å². The topological polar surface area (TPSA) is 389 Å². The molecule has 0 aliphatic carbocycles. The van der Waals surface area contributed by atoms with Gasteiger partial charge in [0.25, 0.3) is 0 Å². The molecule has 0 aromatic heterocycles. The van der Waals surface area contributed by atoms with Crippen molar-refractivity contribution in [1.29, 1.82) is 0 Å². The van der Waals surface area contributed by atoms with Crippen molar-refractivity contribution in [2.45, 2.75) is 105 Å². The average molecular weight is 1150 g/mol. The first-order valence-electron chi connectivity index (χ1n) is 25.2. The molecule has 422 valence electrons. The summed E-state index contributed by atoms with van der Waals surface area (Å²) in [6.07, 6.45) is -1.67. The lowest BCUT2D eigenvalue weighted by atomic mass is 9.94. The molecule has 4 aromatic rings. The number of amides is 9. The van der Waals surface area contributed by atoms with E-state index >= 15 is 0 Å². The van der Waals surface area contributed by atoms with Crippen molar-refractivity contribution in [1.82, 2.24) is 42.5 Å². The third-order valence-electron chi connectivity index (χ3n) is 13.2. The van der Waals surface area contributed by atoms with Crippen LogP contribution in [0.4, 0.5) is 0 Å². The van der Waals surface area contributed by atoms with E-state index in [0.29, 0.717) is 33.7 Å². The van der Waals surface area contributed by atoms with E-state index in [1.165, 1.54) is 72.8 Å². The van der Waals surface area contributed by atoms with Crippen LogP contribution >= 0.6 is 33.2 Å². The molecule has 2 saturated heterocycles. The number of nitrogens with one attached hydrogen (secondary N) is 8. The number of halogens is 1. The number of hydrogen-bond donors (Lipinski definition) is 14. The van der Waals surface area contributed by atoms with Crippen molar-refractivity contribution in [2.24, 2.45) is 17.2 Å². The summed E-state index contributed by atoms with van der Waals surface area (Å²) < 4.78 is 0. The number of carbonyl (C=O) groups excluding carboxylic acids is 9. The number of benzene rings is 4. The Kier molecular flexibility index (Phi) is 22.3. The van der Waals surface area contributed by atoms with Gasteiger partial charge in [-0.3, -0.25) is 43.2 Å². The van der Waals surface area contributed by atoms with Gasteiger partial charge in [-0.1, -0.05) is 81.7 Å². The minimum Gasteiger partial charge on any atom is -0.508 e. The highest BCUT2D eigenvalue weighted by molar-refractivity contribution is 8.77. The zero-order valence-corrected chi connectivity index (χ0v) is 45.2. The van der Waals surface area contributed by atoms with Gasteiger partial charge in [0.1, 0.15) is 53.8 Å². The summed E-state index contributed by atoms with van der Waals surface area (Å²) in [4.78, 5) is 126. The molecule has 2 fully saturated rings. The molecular formula is C53H64ClN11O12S2. The molecule has 10 atom stereocenters. The fraction of sp³-hybridized carbons (Fsp3) is 0.377. The molecule has 79 heavy (non-hydrogen) atoms. The summed E-state index contributed by atoms with van der Waals surface area (Å²) in [5.41, 5.74) is 19.3. The Morgan fingerprint density at radius 1 is 0.658 bits per heavy atom. The van der Waals surface area contributed by atoms with Gasteiger partial charge >= 0.3 is 0 Å². The predicted molar refractivity (Wildman–Crippen MR) is 296 cm³/mol. The van der Waals surface area contributed by atoms with Gasteiger partial charge in [-0.05, 0) is 110 Å². The van der Waals surface area contributed by atoms with E-state index in [4.69, 9.17) is 28.8 Å². The first kappa shape index (κ1) is 60.8. The van der Waals surface area contributed by atoms with Crippen LogP contribution in [-0.2, 0) is 64.0 Å². The van der Waals surface area contributed by atoms with Gasteiger partial charge in [0.05, 0.1) is 17.4 Å².